The Balaban J connectivity index is 2.43. The molecule has 0 atom stereocenters. The SMILES string of the molecule is CCC(CC)COc1ccc(CO)cc1. The molecular weight excluding hydrogens is 188 g/mol. The third-order valence-corrected chi connectivity index (χ3v) is 2.75. The zero-order valence-electron chi connectivity index (χ0n) is 9.57. The summed E-state index contributed by atoms with van der Waals surface area (Å²) >= 11 is 0. The maximum atomic E-state index is 8.88. The highest BCUT2D eigenvalue weighted by Gasteiger charge is 2.04. The Bertz CT molecular complexity index is 262. The third-order valence-electron chi connectivity index (χ3n) is 2.75. The van der Waals surface area contributed by atoms with Gasteiger partial charge in [-0.3, -0.25) is 0 Å². The smallest absolute Gasteiger partial charge is 0.119 e. The summed E-state index contributed by atoms with van der Waals surface area (Å²) in [5.41, 5.74) is 0.921. The Morgan fingerprint density at radius 3 is 2.20 bits per heavy atom. The molecule has 1 N–H and O–H groups in total. The highest BCUT2D eigenvalue weighted by Crippen LogP contribution is 2.15. The van der Waals surface area contributed by atoms with Gasteiger partial charge in [-0.1, -0.05) is 38.8 Å². The molecule has 0 unspecified atom stereocenters. The second-order valence-corrected chi connectivity index (χ2v) is 3.80. The lowest BCUT2D eigenvalue weighted by Crippen LogP contribution is -2.09. The molecule has 0 amide bonds. The molecule has 1 aromatic rings. The summed E-state index contributed by atoms with van der Waals surface area (Å²) in [5, 5.41) is 8.88. The van der Waals surface area contributed by atoms with E-state index in [0.717, 1.165) is 30.8 Å². The zero-order valence-corrected chi connectivity index (χ0v) is 9.57. The van der Waals surface area contributed by atoms with Crippen molar-refractivity contribution >= 4 is 0 Å². The minimum Gasteiger partial charge on any atom is -0.493 e. The summed E-state index contributed by atoms with van der Waals surface area (Å²) in [4.78, 5) is 0. The van der Waals surface area contributed by atoms with Gasteiger partial charge in [0.1, 0.15) is 5.75 Å². The van der Waals surface area contributed by atoms with Crippen molar-refractivity contribution < 1.29 is 9.84 Å². The van der Waals surface area contributed by atoms with Gasteiger partial charge in [0.2, 0.25) is 0 Å². The van der Waals surface area contributed by atoms with Crippen LogP contribution in [-0.2, 0) is 6.61 Å². The second kappa shape index (κ2) is 6.46. The van der Waals surface area contributed by atoms with E-state index in [1.54, 1.807) is 0 Å². The van der Waals surface area contributed by atoms with Crippen LogP contribution in [0.4, 0.5) is 0 Å². The molecule has 0 fully saturated rings. The standard InChI is InChI=1S/C13H20O2/c1-3-11(4-2)10-15-13-7-5-12(9-14)6-8-13/h5-8,11,14H,3-4,9-10H2,1-2H3. The van der Waals surface area contributed by atoms with Gasteiger partial charge in [-0.05, 0) is 23.6 Å². The van der Waals surface area contributed by atoms with E-state index in [4.69, 9.17) is 9.84 Å². The summed E-state index contributed by atoms with van der Waals surface area (Å²) in [6.45, 7) is 5.25. The normalized spacial score (nSPS) is 10.7. The van der Waals surface area contributed by atoms with Crippen LogP contribution in [-0.4, -0.2) is 11.7 Å². The van der Waals surface area contributed by atoms with E-state index in [0.29, 0.717) is 5.92 Å². The van der Waals surface area contributed by atoms with Crippen LogP contribution >= 0.6 is 0 Å². The minimum atomic E-state index is 0.0901. The third kappa shape index (κ3) is 3.92. The van der Waals surface area contributed by atoms with Crippen molar-refractivity contribution in [2.24, 2.45) is 5.92 Å². The highest BCUT2D eigenvalue weighted by atomic mass is 16.5. The summed E-state index contributed by atoms with van der Waals surface area (Å²) in [6, 6.07) is 7.60. The van der Waals surface area contributed by atoms with E-state index in [-0.39, 0.29) is 6.61 Å². The fourth-order valence-corrected chi connectivity index (χ4v) is 1.43. The minimum absolute atomic E-state index is 0.0901. The molecule has 0 aliphatic heterocycles. The first-order valence-electron chi connectivity index (χ1n) is 5.62. The van der Waals surface area contributed by atoms with E-state index in [9.17, 15) is 0 Å². The quantitative estimate of drug-likeness (QED) is 0.778. The summed E-state index contributed by atoms with van der Waals surface area (Å²) in [5.74, 6) is 1.53. The molecule has 2 heteroatoms. The molecule has 0 saturated carbocycles. The van der Waals surface area contributed by atoms with Crippen molar-refractivity contribution in [1.29, 1.82) is 0 Å². The molecule has 0 aromatic heterocycles. The molecule has 0 aliphatic carbocycles. The van der Waals surface area contributed by atoms with Gasteiger partial charge in [-0.15, -0.1) is 0 Å². The zero-order chi connectivity index (χ0) is 11.1. The van der Waals surface area contributed by atoms with Crippen molar-refractivity contribution in [3.8, 4) is 5.75 Å². The molecule has 0 heterocycles. The van der Waals surface area contributed by atoms with Crippen LogP contribution in [0.25, 0.3) is 0 Å². The Morgan fingerprint density at radius 1 is 1.13 bits per heavy atom. The average molecular weight is 208 g/mol. The topological polar surface area (TPSA) is 29.5 Å². The van der Waals surface area contributed by atoms with Gasteiger partial charge in [-0.25, -0.2) is 0 Å². The summed E-state index contributed by atoms with van der Waals surface area (Å²) in [6.07, 6.45) is 2.32. The number of aliphatic hydroxyl groups excluding tert-OH is 1. The fraction of sp³-hybridized carbons (Fsp3) is 0.538. The molecule has 1 aromatic carbocycles. The number of hydrogen-bond donors (Lipinski definition) is 1. The summed E-state index contributed by atoms with van der Waals surface area (Å²) in [7, 11) is 0. The second-order valence-electron chi connectivity index (χ2n) is 3.80. The fourth-order valence-electron chi connectivity index (χ4n) is 1.43. The van der Waals surface area contributed by atoms with Crippen LogP contribution in [0.3, 0.4) is 0 Å². The number of ether oxygens (including phenoxy) is 1. The molecule has 2 nitrogen and oxygen atoms in total. The molecule has 1 rings (SSSR count). The Labute approximate surface area is 91.9 Å². The van der Waals surface area contributed by atoms with Crippen LogP contribution in [0, 0.1) is 5.92 Å². The van der Waals surface area contributed by atoms with Gasteiger partial charge in [0.05, 0.1) is 13.2 Å². The van der Waals surface area contributed by atoms with Gasteiger partial charge < -0.3 is 9.84 Å². The molecule has 0 radical (unpaired) electrons. The van der Waals surface area contributed by atoms with Gasteiger partial charge >= 0.3 is 0 Å². The molecular formula is C13H20O2. The van der Waals surface area contributed by atoms with Gasteiger partial charge in [0.25, 0.3) is 0 Å². The number of rotatable bonds is 6. The van der Waals surface area contributed by atoms with Crippen molar-refractivity contribution in [1.82, 2.24) is 0 Å². The Hall–Kier alpha value is -1.02. The van der Waals surface area contributed by atoms with Crippen LogP contribution < -0.4 is 4.74 Å². The first kappa shape index (κ1) is 12.1. The van der Waals surface area contributed by atoms with E-state index in [2.05, 4.69) is 13.8 Å². The van der Waals surface area contributed by atoms with E-state index in [1.807, 2.05) is 24.3 Å². The molecule has 0 spiro atoms. The molecule has 15 heavy (non-hydrogen) atoms. The predicted octanol–water partition coefficient (Wildman–Crippen LogP) is 2.99. The highest BCUT2D eigenvalue weighted by molar-refractivity contribution is 5.26. The molecule has 84 valence electrons. The maximum Gasteiger partial charge on any atom is 0.119 e. The van der Waals surface area contributed by atoms with Crippen LogP contribution in [0.2, 0.25) is 0 Å². The first-order valence-corrected chi connectivity index (χ1v) is 5.62. The maximum absolute atomic E-state index is 8.88. The van der Waals surface area contributed by atoms with Crippen molar-refractivity contribution in [3.63, 3.8) is 0 Å². The van der Waals surface area contributed by atoms with Gasteiger partial charge in [0, 0.05) is 0 Å². The average Bonchev–Trinajstić information content (AvgIpc) is 2.31. The lowest BCUT2D eigenvalue weighted by molar-refractivity contribution is 0.240. The van der Waals surface area contributed by atoms with Crippen molar-refractivity contribution in [2.75, 3.05) is 6.61 Å². The van der Waals surface area contributed by atoms with Crippen molar-refractivity contribution in [3.05, 3.63) is 29.8 Å². The van der Waals surface area contributed by atoms with E-state index in [1.165, 1.54) is 0 Å². The van der Waals surface area contributed by atoms with Crippen LogP contribution in [0.1, 0.15) is 32.3 Å². The summed E-state index contributed by atoms with van der Waals surface area (Å²) < 4.78 is 5.67. The van der Waals surface area contributed by atoms with Gasteiger partial charge in [-0.2, -0.15) is 0 Å². The predicted molar refractivity (Wildman–Crippen MR) is 61.9 cm³/mol. The molecule has 0 bridgehead atoms. The lowest BCUT2D eigenvalue weighted by atomic mass is 10.1. The number of benzene rings is 1. The largest absolute Gasteiger partial charge is 0.493 e. The van der Waals surface area contributed by atoms with Crippen molar-refractivity contribution in [2.45, 2.75) is 33.3 Å². The number of hydrogen-bond acceptors (Lipinski definition) is 2. The molecule has 0 aliphatic rings. The number of aliphatic hydroxyl groups is 1. The van der Waals surface area contributed by atoms with Crippen LogP contribution in [0.15, 0.2) is 24.3 Å². The lowest BCUT2D eigenvalue weighted by Gasteiger charge is -2.13. The van der Waals surface area contributed by atoms with Gasteiger partial charge in [0.15, 0.2) is 0 Å². The van der Waals surface area contributed by atoms with Crippen LogP contribution in [0.5, 0.6) is 5.75 Å². The Morgan fingerprint density at radius 2 is 1.73 bits per heavy atom. The first-order chi connectivity index (χ1) is 7.30. The molecule has 0 saturated heterocycles. The monoisotopic (exact) mass is 208 g/mol. The Kier molecular flexibility index (Phi) is 5.19. The van der Waals surface area contributed by atoms with E-state index >= 15 is 0 Å². The van der Waals surface area contributed by atoms with E-state index < -0.39 is 0 Å².